The highest BCUT2D eigenvalue weighted by molar-refractivity contribution is 6.03. The Hall–Kier alpha value is -2.49. The highest BCUT2D eigenvalue weighted by Crippen LogP contribution is 2.45. The van der Waals surface area contributed by atoms with Gasteiger partial charge in [-0.1, -0.05) is 24.6 Å². The Balaban J connectivity index is 1.87. The number of Topliss-reactive ketones (excluding diaryl/α,β-unsaturated/α-hetero) is 1. The number of nitrogens with zero attached hydrogens (tertiary/aromatic N) is 3. The zero-order valence-corrected chi connectivity index (χ0v) is 12.5. The fourth-order valence-corrected chi connectivity index (χ4v) is 3.40. The predicted octanol–water partition coefficient (Wildman–Crippen LogP) is 3.27. The van der Waals surface area contributed by atoms with Gasteiger partial charge in [0.1, 0.15) is 11.5 Å². The SMILES string of the molecule is Cn1c(C2(C(=O)c3ccccn3)CCC2)nc2ccccc21. The van der Waals surface area contributed by atoms with Crippen LogP contribution in [0.1, 0.15) is 35.6 Å². The molecule has 0 unspecified atom stereocenters. The molecule has 110 valence electrons. The average Bonchev–Trinajstić information content (AvgIpc) is 2.85. The van der Waals surface area contributed by atoms with E-state index in [1.54, 1.807) is 12.3 Å². The van der Waals surface area contributed by atoms with E-state index in [4.69, 9.17) is 4.98 Å². The van der Waals surface area contributed by atoms with Crippen molar-refractivity contribution in [3.63, 3.8) is 0 Å². The molecule has 4 rings (SSSR count). The van der Waals surface area contributed by atoms with E-state index in [0.29, 0.717) is 5.69 Å². The summed E-state index contributed by atoms with van der Waals surface area (Å²) >= 11 is 0. The molecule has 0 radical (unpaired) electrons. The first kappa shape index (κ1) is 13.2. The summed E-state index contributed by atoms with van der Waals surface area (Å²) in [4.78, 5) is 22.1. The van der Waals surface area contributed by atoms with E-state index in [1.807, 2.05) is 43.4 Å². The van der Waals surface area contributed by atoms with Crippen LogP contribution in [-0.4, -0.2) is 20.3 Å². The lowest BCUT2D eigenvalue weighted by Crippen LogP contribution is -2.44. The Morgan fingerprint density at radius 1 is 1.14 bits per heavy atom. The lowest BCUT2D eigenvalue weighted by Gasteiger charge is -2.39. The van der Waals surface area contributed by atoms with E-state index < -0.39 is 5.41 Å². The van der Waals surface area contributed by atoms with E-state index in [2.05, 4.69) is 9.55 Å². The third-order valence-corrected chi connectivity index (χ3v) is 4.75. The van der Waals surface area contributed by atoms with Crippen molar-refractivity contribution in [2.75, 3.05) is 0 Å². The molecular weight excluding hydrogens is 274 g/mol. The van der Waals surface area contributed by atoms with Crippen LogP contribution in [0.4, 0.5) is 0 Å². The van der Waals surface area contributed by atoms with Crippen LogP contribution in [0, 0.1) is 0 Å². The molecule has 0 atom stereocenters. The van der Waals surface area contributed by atoms with Gasteiger partial charge in [0.15, 0.2) is 5.78 Å². The molecule has 22 heavy (non-hydrogen) atoms. The zero-order chi connectivity index (χ0) is 15.2. The number of fused-ring (bicyclic) bond motifs is 1. The number of imidazole rings is 1. The van der Waals surface area contributed by atoms with Crippen LogP contribution in [0.15, 0.2) is 48.7 Å². The maximum atomic E-state index is 13.1. The Kier molecular flexibility index (Phi) is 2.86. The van der Waals surface area contributed by atoms with Crippen molar-refractivity contribution in [2.45, 2.75) is 24.7 Å². The molecule has 1 aliphatic rings. The van der Waals surface area contributed by atoms with Gasteiger partial charge in [0, 0.05) is 13.2 Å². The van der Waals surface area contributed by atoms with Crippen molar-refractivity contribution >= 4 is 16.8 Å². The number of carbonyl (C=O) groups excluding carboxylic acids is 1. The molecule has 0 saturated heterocycles. The monoisotopic (exact) mass is 291 g/mol. The molecule has 0 N–H and O–H groups in total. The number of carbonyl (C=O) groups is 1. The minimum absolute atomic E-state index is 0.0951. The molecule has 1 aliphatic carbocycles. The quantitative estimate of drug-likeness (QED) is 0.696. The molecule has 1 aromatic carbocycles. The van der Waals surface area contributed by atoms with Gasteiger partial charge in [-0.3, -0.25) is 9.78 Å². The fourth-order valence-electron chi connectivity index (χ4n) is 3.40. The normalized spacial score (nSPS) is 16.4. The standard InChI is InChI=1S/C18H17N3O/c1-21-15-9-3-2-7-13(15)20-17(21)18(10-6-11-18)16(22)14-8-4-5-12-19-14/h2-5,7-9,12H,6,10-11H2,1H3. The Morgan fingerprint density at radius 3 is 2.55 bits per heavy atom. The molecular formula is C18H17N3O. The van der Waals surface area contributed by atoms with E-state index in [9.17, 15) is 4.79 Å². The largest absolute Gasteiger partial charge is 0.330 e. The van der Waals surface area contributed by atoms with Gasteiger partial charge < -0.3 is 4.57 Å². The van der Waals surface area contributed by atoms with Gasteiger partial charge in [-0.25, -0.2) is 4.98 Å². The number of benzene rings is 1. The highest BCUT2D eigenvalue weighted by atomic mass is 16.1. The van der Waals surface area contributed by atoms with E-state index >= 15 is 0 Å². The Bertz CT molecular complexity index is 847. The Morgan fingerprint density at radius 2 is 1.91 bits per heavy atom. The van der Waals surface area contributed by atoms with Crippen LogP contribution in [0.3, 0.4) is 0 Å². The first-order valence-electron chi connectivity index (χ1n) is 7.60. The topological polar surface area (TPSA) is 47.8 Å². The van der Waals surface area contributed by atoms with E-state index in [0.717, 1.165) is 36.1 Å². The lowest BCUT2D eigenvalue weighted by molar-refractivity contribution is 0.0765. The lowest BCUT2D eigenvalue weighted by atomic mass is 9.64. The van der Waals surface area contributed by atoms with Gasteiger partial charge in [0.2, 0.25) is 0 Å². The van der Waals surface area contributed by atoms with Gasteiger partial charge in [-0.2, -0.15) is 0 Å². The predicted molar refractivity (Wildman–Crippen MR) is 84.8 cm³/mol. The van der Waals surface area contributed by atoms with Gasteiger partial charge in [0.25, 0.3) is 0 Å². The van der Waals surface area contributed by atoms with Gasteiger partial charge in [-0.05, 0) is 37.1 Å². The third kappa shape index (κ3) is 1.73. The van der Waals surface area contributed by atoms with Crippen LogP contribution >= 0.6 is 0 Å². The highest BCUT2D eigenvalue weighted by Gasteiger charge is 2.49. The number of rotatable bonds is 3. The molecule has 0 aliphatic heterocycles. The first-order valence-corrected chi connectivity index (χ1v) is 7.60. The summed E-state index contributed by atoms with van der Waals surface area (Å²) in [5, 5.41) is 0. The summed E-state index contributed by atoms with van der Waals surface area (Å²) in [6.45, 7) is 0. The van der Waals surface area contributed by atoms with Crippen molar-refractivity contribution < 1.29 is 4.79 Å². The van der Waals surface area contributed by atoms with Crippen molar-refractivity contribution in [3.05, 3.63) is 60.2 Å². The number of hydrogen-bond donors (Lipinski definition) is 0. The second kappa shape index (κ2) is 4.77. The molecule has 1 saturated carbocycles. The van der Waals surface area contributed by atoms with Crippen LogP contribution in [0.2, 0.25) is 0 Å². The first-order chi connectivity index (χ1) is 10.7. The maximum absolute atomic E-state index is 13.1. The average molecular weight is 291 g/mol. The molecule has 4 nitrogen and oxygen atoms in total. The smallest absolute Gasteiger partial charge is 0.194 e. The van der Waals surface area contributed by atoms with Crippen molar-refractivity contribution in [2.24, 2.45) is 7.05 Å². The molecule has 2 heterocycles. The molecule has 0 spiro atoms. The van der Waals surface area contributed by atoms with Crippen molar-refractivity contribution in [1.82, 2.24) is 14.5 Å². The molecule has 4 heteroatoms. The summed E-state index contributed by atoms with van der Waals surface area (Å²) in [6.07, 6.45) is 4.43. The number of para-hydroxylation sites is 2. The van der Waals surface area contributed by atoms with Crippen molar-refractivity contribution in [3.8, 4) is 0 Å². The molecule has 1 fully saturated rings. The van der Waals surface area contributed by atoms with Gasteiger partial charge in [-0.15, -0.1) is 0 Å². The van der Waals surface area contributed by atoms with Crippen LogP contribution in [-0.2, 0) is 12.5 Å². The summed E-state index contributed by atoms with van der Waals surface area (Å²) < 4.78 is 2.06. The van der Waals surface area contributed by atoms with Crippen LogP contribution in [0.25, 0.3) is 11.0 Å². The second-order valence-corrected chi connectivity index (χ2v) is 5.96. The summed E-state index contributed by atoms with van der Waals surface area (Å²) in [5.41, 5.74) is 2.04. The van der Waals surface area contributed by atoms with Gasteiger partial charge in [0.05, 0.1) is 16.4 Å². The molecule has 0 amide bonds. The third-order valence-electron chi connectivity index (χ3n) is 4.75. The number of ketones is 1. The summed E-state index contributed by atoms with van der Waals surface area (Å²) in [7, 11) is 2.00. The summed E-state index contributed by atoms with van der Waals surface area (Å²) in [6, 6.07) is 13.5. The maximum Gasteiger partial charge on any atom is 0.194 e. The summed E-state index contributed by atoms with van der Waals surface area (Å²) in [5.74, 6) is 0.966. The number of pyridine rings is 1. The fraction of sp³-hybridized carbons (Fsp3) is 0.278. The second-order valence-electron chi connectivity index (χ2n) is 5.96. The van der Waals surface area contributed by atoms with E-state index in [-0.39, 0.29) is 5.78 Å². The number of aromatic nitrogens is 3. The van der Waals surface area contributed by atoms with E-state index in [1.165, 1.54) is 0 Å². The van der Waals surface area contributed by atoms with Crippen molar-refractivity contribution in [1.29, 1.82) is 0 Å². The van der Waals surface area contributed by atoms with Crippen LogP contribution < -0.4 is 0 Å². The van der Waals surface area contributed by atoms with Gasteiger partial charge >= 0.3 is 0 Å². The number of aryl methyl sites for hydroxylation is 1. The van der Waals surface area contributed by atoms with Crippen LogP contribution in [0.5, 0.6) is 0 Å². The molecule has 0 bridgehead atoms. The molecule has 3 aromatic rings. The molecule has 2 aromatic heterocycles. The minimum atomic E-state index is -0.512. The Labute approximate surface area is 128 Å². The zero-order valence-electron chi connectivity index (χ0n) is 12.5. The number of hydrogen-bond acceptors (Lipinski definition) is 3. The minimum Gasteiger partial charge on any atom is -0.330 e.